The molecule has 0 aromatic heterocycles. The molecule has 131 valence electrons. The average Bonchev–Trinajstić information content (AvgIpc) is 2.49. The molecule has 0 heterocycles. The number of hydrogen-bond donors (Lipinski definition) is 0. The van der Waals surface area contributed by atoms with Gasteiger partial charge in [0.25, 0.3) is 0 Å². The predicted molar refractivity (Wildman–Crippen MR) is 103 cm³/mol. The van der Waals surface area contributed by atoms with Crippen LogP contribution in [0, 0.1) is 11.3 Å². The zero-order chi connectivity index (χ0) is 17.6. The third kappa shape index (κ3) is 7.05. The minimum absolute atomic E-state index is 0. The molecule has 0 aliphatic rings. The van der Waals surface area contributed by atoms with Crippen molar-refractivity contribution in [3.05, 3.63) is 17.7 Å². The second-order valence-corrected chi connectivity index (χ2v) is 8.20. The van der Waals surface area contributed by atoms with Crippen LogP contribution in [0.25, 0.3) is 0 Å². The molecular weight excluding hydrogens is 318 g/mol. The molecule has 0 N–H and O–H groups in total. The van der Waals surface area contributed by atoms with Crippen molar-refractivity contribution in [3.8, 4) is 17.2 Å². The maximum absolute atomic E-state index is 12.7. The number of carbonyl (C=O) groups excluding carboxylic acids is 1. The van der Waals surface area contributed by atoms with E-state index in [1.807, 2.05) is 0 Å². The van der Waals surface area contributed by atoms with Gasteiger partial charge in [0.1, 0.15) is 22.8 Å². The standard InChI is InChI=1S/C18H29O4P.Li/c1-12(10-18(2,3)4)11-23-17(19)16-14(21-6)8-13(20-5)9-15(16)22-7;/h8-9,12,23H,10-11H2,1-7H3;. The first-order valence-corrected chi connectivity index (χ1v) is 9.00. The summed E-state index contributed by atoms with van der Waals surface area (Å²) >= 11 is 0. The molecule has 6 heteroatoms. The van der Waals surface area contributed by atoms with E-state index in [0.717, 1.165) is 12.6 Å². The largest absolute Gasteiger partial charge is 0.496 e. The van der Waals surface area contributed by atoms with Crippen molar-refractivity contribution < 1.29 is 19.0 Å². The molecule has 0 aliphatic carbocycles. The van der Waals surface area contributed by atoms with Gasteiger partial charge in [0, 0.05) is 31.0 Å². The smallest absolute Gasteiger partial charge is 0.188 e. The van der Waals surface area contributed by atoms with Gasteiger partial charge in [-0.1, -0.05) is 27.7 Å². The molecule has 4 nitrogen and oxygen atoms in total. The molecule has 1 radical (unpaired) electrons. The summed E-state index contributed by atoms with van der Waals surface area (Å²) in [4.78, 5) is 12.7. The zero-order valence-corrected chi connectivity index (χ0v) is 17.3. The number of ether oxygens (including phenoxy) is 3. The first-order chi connectivity index (χ1) is 10.7. The Bertz CT molecular complexity index is 515. The second-order valence-electron chi connectivity index (χ2n) is 6.99. The Balaban J connectivity index is 0.00000529. The monoisotopic (exact) mass is 347 g/mol. The van der Waals surface area contributed by atoms with Crippen molar-refractivity contribution in [2.75, 3.05) is 27.5 Å². The van der Waals surface area contributed by atoms with E-state index in [2.05, 4.69) is 27.7 Å². The number of rotatable bonds is 8. The summed E-state index contributed by atoms with van der Waals surface area (Å²) < 4.78 is 15.9. The van der Waals surface area contributed by atoms with Gasteiger partial charge in [0.2, 0.25) is 0 Å². The fourth-order valence-corrected chi connectivity index (χ4v) is 3.80. The minimum Gasteiger partial charge on any atom is -0.496 e. The van der Waals surface area contributed by atoms with E-state index >= 15 is 0 Å². The van der Waals surface area contributed by atoms with Crippen LogP contribution in [0.4, 0.5) is 0 Å². The van der Waals surface area contributed by atoms with Crippen LogP contribution in [-0.2, 0) is 0 Å². The van der Waals surface area contributed by atoms with E-state index in [1.54, 1.807) is 33.5 Å². The molecule has 0 aliphatic heterocycles. The maximum Gasteiger partial charge on any atom is 0.188 e. The molecule has 0 saturated heterocycles. The van der Waals surface area contributed by atoms with Crippen molar-refractivity contribution >= 4 is 33.0 Å². The summed E-state index contributed by atoms with van der Waals surface area (Å²) in [5, 5.41) is 0. The Hall–Kier alpha value is -0.683. The van der Waals surface area contributed by atoms with E-state index < -0.39 is 0 Å². The van der Waals surface area contributed by atoms with Crippen molar-refractivity contribution in [1.82, 2.24) is 0 Å². The number of carbonyl (C=O) groups is 1. The van der Waals surface area contributed by atoms with Crippen LogP contribution in [0.3, 0.4) is 0 Å². The first kappa shape index (κ1) is 23.3. The Morgan fingerprint density at radius 2 is 1.58 bits per heavy atom. The molecule has 0 fully saturated rings. The van der Waals surface area contributed by atoms with Gasteiger partial charge in [-0.05, 0) is 32.5 Å². The predicted octanol–water partition coefficient (Wildman–Crippen LogP) is 4.22. The van der Waals surface area contributed by atoms with Gasteiger partial charge in [-0.2, -0.15) is 0 Å². The Morgan fingerprint density at radius 3 is 1.96 bits per heavy atom. The van der Waals surface area contributed by atoms with Crippen LogP contribution >= 0.6 is 8.58 Å². The van der Waals surface area contributed by atoms with E-state index in [-0.39, 0.29) is 38.4 Å². The third-order valence-electron chi connectivity index (χ3n) is 3.51. The van der Waals surface area contributed by atoms with Crippen LogP contribution in [0.1, 0.15) is 44.5 Å². The molecule has 0 bridgehead atoms. The molecule has 0 spiro atoms. The molecule has 1 aromatic carbocycles. The van der Waals surface area contributed by atoms with Gasteiger partial charge in [-0.25, -0.2) is 0 Å². The molecule has 1 aromatic rings. The molecule has 24 heavy (non-hydrogen) atoms. The third-order valence-corrected chi connectivity index (χ3v) is 4.99. The molecule has 0 saturated carbocycles. The van der Waals surface area contributed by atoms with Crippen LogP contribution in [0.15, 0.2) is 12.1 Å². The minimum atomic E-state index is 0. The summed E-state index contributed by atoms with van der Waals surface area (Å²) in [6.07, 6.45) is 1.98. The van der Waals surface area contributed by atoms with Gasteiger partial charge < -0.3 is 14.2 Å². The summed E-state index contributed by atoms with van der Waals surface area (Å²) in [5.41, 5.74) is 0.863. The SMILES string of the molecule is COc1cc(OC)c(C(=O)PCC(C)CC(C)(C)C)c(OC)c1.[Li]. The van der Waals surface area contributed by atoms with Gasteiger partial charge in [-0.15, -0.1) is 0 Å². The van der Waals surface area contributed by atoms with E-state index in [4.69, 9.17) is 14.2 Å². The molecule has 2 unspecified atom stereocenters. The summed E-state index contributed by atoms with van der Waals surface area (Å²) in [7, 11) is 4.89. The molecule has 0 amide bonds. The number of hydrogen-bond acceptors (Lipinski definition) is 4. The van der Waals surface area contributed by atoms with Gasteiger partial charge >= 0.3 is 0 Å². The molecule has 1 rings (SSSR count). The Labute approximate surface area is 160 Å². The number of methoxy groups -OCH3 is 3. The second kappa shape index (κ2) is 10.3. The van der Waals surface area contributed by atoms with Crippen LogP contribution in [0.2, 0.25) is 0 Å². The topological polar surface area (TPSA) is 44.8 Å². The first-order valence-electron chi connectivity index (χ1n) is 7.80. The molecular formula is C18H29LiO4P. The fourth-order valence-electron chi connectivity index (χ4n) is 2.70. The van der Waals surface area contributed by atoms with Gasteiger partial charge in [0.15, 0.2) is 5.52 Å². The van der Waals surface area contributed by atoms with Crippen LogP contribution in [0.5, 0.6) is 17.2 Å². The van der Waals surface area contributed by atoms with Crippen molar-refractivity contribution in [2.45, 2.75) is 34.1 Å². The summed E-state index contributed by atoms with van der Waals surface area (Å²) in [6.45, 7) is 8.88. The van der Waals surface area contributed by atoms with Crippen LogP contribution in [-0.4, -0.2) is 51.9 Å². The quantitative estimate of drug-likeness (QED) is 0.522. The van der Waals surface area contributed by atoms with Crippen molar-refractivity contribution in [1.29, 1.82) is 0 Å². The number of benzene rings is 1. The zero-order valence-electron chi connectivity index (χ0n) is 16.3. The summed E-state index contributed by atoms with van der Waals surface area (Å²) in [6, 6.07) is 3.44. The average molecular weight is 347 g/mol. The normalized spacial score (nSPS) is 12.6. The van der Waals surface area contributed by atoms with E-state index in [1.165, 1.54) is 0 Å². The van der Waals surface area contributed by atoms with Crippen LogP contribution < -0.4 is 14.2 Å². The molecule has 2 atom stereocenters. The van der Waals surface area contributed by atoms with Gasteiger partial charge in [-0.3, -0.25) is 4.79 Å². The van der Waals surface area contributed by atoms with Crippen molar-refractivity contribution in [2.24, 2.45) is 11.3 Å². The van der Waals surface area contributed by atoms with E-state index in [0.29, 0.717) is 28.7 Å². The Kier molecular flexibility index (Phi) is 10.0. The Morgan fingerprint density at radius 1 is 1.08 bits per heavy atom. The van der Waals surface area contributed by atoms with Gasteiger partial charge in [0.05, 0.1) is 21.3 Å². The van der Waals surface area contributed by atoms with E-state index in [9.17, 15) is 4.79 Å². The van der Waals surface area contributed by atoms with Crippen molar-refractivity contribution in [3.63, 3.8) is 0 Å². The maximum atomic E-state index is 12.7. The summed E-state index contributed by atoms with van der Waals surface area (Å²) in [5.74, 6) is 2.12. The fraction of sp³-hybridized carbons (Fsp3) is 0.611.